The highest BCUT2D eigenvalue weighted by Crippen LogP contribution is 2.19. The Morgan fingerprint density at radius 3 is 2.64 bits per heavy atom. The van der Waals surface area contributed by atoms with Gasteiger partial charge in [-0.2, -0.15) is 0 Å². The Morgan fingerprint density at radius 1 is 1.14 bits per heavy atom. The summed E-state index contributed by atoms with van der Waals surface area (Å²) in [6.07, 6.45) is 6.66. The van der Waals surface area contributed by atoms with E-state index >= 15 is 0 Å². The van der Waals surface area contributed by atoms with Crippen LogP contribution in [0.5, 0.6) is 0 Å². The molecular formula is C20H22N6O2. The molecule has 3 aromatic rings. The number of aromatic nitrogens is 3. The number of amides is 2. The minimum Gasteiger partial charge on any atom is -0.444 e. The highest BCUT2D eigenvalue weighted by atomic mass is 16.3. The largest absolute Gasteiger partial charge is 0.444 e. The molecule has 0 saturated carbocycles. The number of nitrogens with zero attached hydrogens (tertiary/aromatic N) is 5. The van der Waals surface area contributed by atoms with Crippen LogP contribution in [0.3, 0.4) is 0 Å². The average Bonchev–Trinajstić information content (AvgIpc) is 3.22. The molecule has 0 spiro atoms. The molecule has 0 atom stereocenters. The first-order valence-corrected chi connectivity index (χ1v) is 9.24. The van der Waals surface area contributed by atoms with Gasteiger partial charge in [-0.3, -0.25) is 4.98 Å². The van der Waals surface area contributed by atoms with E-state index in [0.717, 1.165) is 24.5 Å². The lowest BCUT2D eigenvalue weighted by Gasteiger charge is -2.35. The molecule has 0 bridgehead atoms. The van der Waals surface area contributed by atoms with E-state index in [-0.39, 0.29) is 6.03 Å². The van der Waals surface area contributed by atoms with Crippen LogP contribution in [0.25, 0.3) is 11.5 Å². The first-order chi connectivity index (χ1) is 13.7. The third-order valence-corrected chi connectivity index (χ3v) is 4.71. The zero-order chi connectivity index (χ0) is 19.3. The summed E-state index contributed by atoms with van der Waals surface area (Å²) in [5, 5.41) is 2.92. The summed E-state index contributed by atoms with van der Waals surface area (Å²) in [6.45, 7) is 5.10. The summed E-state index contributed by atoms with van der Waals surface area (Å²) < 4.78 is 5.54. The van der Waals surface area contributed by atoms with Crippen molar-refractivity contribution in [2.45, 2.75) is 13.5 Å². The number of rotatable bonds is 4. The fourth-order valence-corrected chi connectivity index (χ4v) is 3.09. The molecule has 1 aromatic carbocycles. The summed E-state index contributed by atoms with van der Waals surface area (Å²) in [7, 11) is 0. The van der Waals surface area contributed by atoms with Crippen molar-refractivity contribution in [2.24, 2.45) is 0 Å². The van der Waals surface area contributed by atoms with E-state index < -0.39 is 0 Å². The number of urea groups is 1. The molecule has 1 saturated heterocycles. The second-order valence-corrected chi connectivity index (χ2v) is 6.71. The highest BCUT2D eigenvalue weighted by molar-refractivity contribution is 5.74. The van der Waals surface area contributed by atoms with Gasteiger partial charge in [-0.15, -0.1) is 0 Å². The van der Waals surface area contributed by atoms with Crippen LogP contribution in [-0.2, 0) is 6.54 Å². The standard InChI is InChI=1S/C20H22N6O2/c1-15-2-4-16(5-3-15)19-24-17(14-28-19)12-23-20(27)26-10-8-25(9-11-26)18-13-21-6-7-22-18/h2-7,13-14H,8-12H2,1H3,(H,23,27). The fraction of sp³-hybridized carbons (Fsp3) is 0.300. The van der Waals surface area contributed by atoms with E-state index in [9.17, 15) is 4.79 Å². The molecule has 1 N–H and O–H groups in total. The third-order valence-electron chi connectivity index (χ3n) is 4.71. The quantitative estimate of drug-likeness (QED) is 0.750. The van der Waals surface area contributed by atoms with Gasteiger partial charge < -0.3 is 19.5 Å². The molecule has 2 amide bonds. The lowest BCUT2D eigenvalue weighted by molar-refractivity contribution is 0.193. The Labute approximate surface area is 163 Å². The van der Waals surface area contributed by atoms with Crippen LogP contribution in [0.2, 0.25) is 0 Å². The third kappa shape index (κ3) is 4.11. The first-order valence-electron chi connectivity index (χ1n) is 9.24. The minimum absolute atomic E-state index is 0.0984. The smallest absolute Gasteiger partial charge is 0.317 e. The predicted molar refractivity (Wildman–Crippen MR) is 105 cm³/mol. The molecule has 0 radical (unpaired) electrons. The molecule has 8 heteroatoms. The van der Waals surface area contributed by atoms with Crippen LogP contribution in [0.4, 0.5) is 10.6 Å². The van der Waals surface area contributed by atoms with Crippen LogP contribution in [0.1, 0.15) is 11.3 Å². The van der Waals surface area contributed by atoms with Gasteiger partial charge in [-0.05, 0) is 19.1 Å². The summed E-state index contributed by atoms with van der Waals surface area (Å²) in [5.41, 5.74) is 2.80. The number of carbonyl (C=O) groups is 1. The maximum absolute atomic E-state index is 12.4. The number of hydrogen-bond acceptors (Lipinski definition) is 6. The molecule has 1 aliphatic heterocycles. The van der Waals surface area contributed by atoms with Gasteiger partial charge in [0.1, 0.15) is 12.1 Å². The summed E-state index contributed by atoms with van der Waals surface area (Å²) in [5.74, 6) is 1.40. The molecule has 0 aliphatic carbocycles. The molecule has 4 rings (SSSR count). The Kier molecular flexibility index (Phi) is 5.18. The molecule has 3 heterocycles. The van der Waals surface area contributed by atoms with Gasteiger partial charge in [-0.25, -0.2) is 14.8 Å². The van der Waals surface area contributed by atoms with Gasteiger partial charge in [0.25, 0.3) is 0 Å². The molecule has 1 aliphatic rings. The van der Waals surface area contributed by atoms with Crippen molar-refractivity contribution in [3.63, 3.8) is 0 Å². The van der Waals surface area contributed by atoms with Gasteiger partial charge in [-0.1, -0.05) is 17.7 Å². The second kappa shape index (κ2) is 8.08. The number of anilines is 1. The number of benzene rings is 1. The number of carbonyl (C=O) groups excluding carboxylic acids is 1. The SMILES string of the molecule is Cc1ccc(-c2nc(CNC(=O)N3CCN(c4cnccn4)CC3)co2)cc1. The summed E-state index contributed by atoms with van der Waals surface area (Å²) >= 11 is 0. The molecule has 8 nitrogen and oxygen atoms in total. The molecule has 0 unspecified atom stereocenters. The van der Waals surface area contributed by atoms with Gasteiger partial charge in [0.15, 0.2) is 0 Å². The van der Waals surface area contributed by atoms with Gasteiger partial charge in [0, 0.05) is 44.1 Å². The lowest BCUT2D eigenvalue weighted by atomic mass is 10.1. The Hall–Kier alpha value is -3.42. The normalized spacial score (nSPS) is 14.2. The zero-order valence-electron chi connectivity index (χ0n) is 15.7. The van der Waals surface area contributed by atoms with Crippen molar-refractivity contribution in [3.05, 3.63) is 60.4 Å². The van der Waals surface area contributed by atoms with Crippen LogP contribution >= 0.6 is 0 Å². The van der Waals surface area contributed by atoms with Crippen LogP contribution in [-0.4, -0.2) is 52.1 Å². The average molecular weight is 378 g/mol. The van der Waals surface area contributed by atoms with Gasteiger partial charge >= 0.3 is 6.03 Å². The fourth-order valence-electron chi connectivity index (χ4n) is 3.09. The van der Waals surface area contributed by atoms with E-state index in [1.165, 1.54) is 5.56 Å². The van der Waals surface area contributed by atoms with E-state index in [4.69, 9.17) is 4.42 Å². The van der Waals surface area contributed by atoms with Crippen LogP contribution < -0.4 is 10.2 Å². The number of hydrogen-bond donors (Lipinski definition) is 1. The molecule has 2 aromatic heterocycles. The number of nitrogens with one attached hydrogen (secondary N) is 1. The van der Waals surface area contributed by atoms with E-state index in [2.05, 4.69) is 25.2 Å². The van der Waals surface area contributed by atoms with Crippen molar-refractivity contribution in [1.82, 2.24) is 25.2 Å². The molecular weight excluding hydrogens is 356 g/mol. The van der Waals surface area contributed by atoms with Gasteiger partial charge in [0.2, 0.25) is 5.89 Å². The lowest BCUT2D eigenvalue weighted by Crippen LogP contribution is -2.51. The maximum Gasteiger partial charge on any atom is 0.317 e. The summed E-state index contributed by atoms with van der Waals surface area (Å²) in [4.78, 5) is 29.2. The van der Waals surface area contributed by atoms with Crippen LogP contribution in [0, 0.1) is 6.92 Å². The molecule has 1 fully saturated rings. The van der Waals surface area contributed by atoms with E-state index in [1.807, 2.05) is 31.2 Å². The van der Waals surface area contributed by atoms with Crippen molar-refractivity contribution < 1.29 is 9.21 Å². The number of oxazole rings is 1. The van der Waals surface area contributed by atoms with Crippen molar-refractivity contribution in [3.8, 4) is 11.5 Å². The molecule has 28 heavy (non-hydrogen) atoms. The maximum atomic E-state index is 12.4. The van der Waals surface area contributed by atoms with E-state index in [0.29, 0.717) is 31.2 Å². The van der Waals surface area contributed by atoms with Crippen molar-refractivity contribution in [2.75, 3.05) is 31.1 Å². The topological polar surface area (TPSA) is 87.4 Å². The van der Waals surface area contributed by atoms with E-state index in [1.54, 1.807) is 29.8 Å². The predicted octanol–water partition coefficient (Wildman–Crippen LogP) is 2.47. The Balaban J connectivity index is 1.28. The monoisotopic (exact) mass is 378 g/mol. The zero-order valence-corrected chi connectivity index (χ0v) is 15.7. The minimum atomic E-state index is -0.0984. The summed E-state index contributed by atoms with van der Waals surface area (Å²) in [6, 6.07) is 7.88. The van der Waals surface area contributed by atoms with Crippen LogP contribution in [0.15, 0.2) is 53.5 Å². The van der Waals surface area contributed by atoms with Crippen molar-refractivity contribution in [1.29, 1.82) is 0 Å². The second-order valence-electron chi connectivity index (χ2n) is 6.71. The molecule has 144 valence electrons. The van der Waals surface area contributed by atoms with Gasteiger partial charge in [0.05, 0.1) is 18.4 Å². The number of piperazine rings is 1. The Bertz CT molecular complexity index is 917. The first kappa shape index (κ1) is 18.0. The number of aryl methyl sites for hydroxylation is 1. The Morgan fingerprint density at radius 2 is 1.93 bits per heavy atom. The van der Waals surface area contributed by atoms with Crippen molar-refractivity contribution >= 4 is 11.8 Å². The highest BCUT2D eigenvalue weighted by Gasteiger charge is 2.22.